The van der Waals surface area contributed by atoms with Gasteiger partial charge in [-0.05, 0) is 37.2 Å². The molecule has 4 rings (SSSR count). The van der Waals surface area contributed by atoms with Gasteiger partial charge >= 0.3 is 0 Å². The van der Waals surface area contributed by atoms with Crippen LogP contribution in [-0.2, 0) is 0 Å². The summed E-state index contributed by atoms with van der Waals surface area (Å²) < 4.78 is 0. The highest BCUT2D eigenvalue weighted by atomic mass is 16.1. The second kappa shape index (κ2) is 4.31. The Hall–Kier alpha value is -1.41. The Morgan fingerprint density at radius 1 is 1.16 bits per heavy atom. The van der Waals surface area contributed by atoms with Crippen LogP contribution in [0.3, 0.4) is 0 Å². The first kappa shape index (κ1) is 11.4. The number of likely N-dealkylation sites (tertiary alicyclic amines) is 1. The topological polar surface area (TPSA) is 20.3 Å². The molecule has 2 heteroatoms. The van der Waals surface area contributed by atoms with Gasteiger partial charge in [0.15, 0.2) is 5.78 Å². The minimum atomic E-state index is 0.126. The highest BCUT2D eigenvalue weighted by Crippen LogP contribution is 2.41. The monoisotopic (exact) mass is 253 g/mol. The predicted molar refractivity (Wildman–Crippen MR) is 75.4 cm³/mol. The quantitative estimate of drug-likeness (QED) is 0.717. The summed E-state index contributed by atoms with van der Waals surface area (Å²) in [5.41, 5.74) is 2.28. The van der Waals surface area contributed by atoms with Crippen LogP contribution in [0.2, 0.25) is 0 Å². The van der Waals surface area contributed by atoms with E-state index < -0.39 is 0 Å². The summed E-state index contributed by atoms with van der Waals surface area (Å²) in [5, 5.41) is 0. The van der Waals surface area contributed by atoms with Gasteiger partial charge in [0.2, 0.25) is 0 Å². The number of Topliss-reactive ketones (excluding diaryl/α,β-unsaturated/α-hetero) is 1. The summed E-state index contributed by atoms with van der Waals surface area (Å²) in [6.07, 6.45) is 9.15. The van der Waals surface area contributed by atoms with Crippen LogP contribution in [0.5, 0.6) is 0 Å². The van der Waals surface area contributed by atoms with E-state index in [2.05, 4.69) is 29.2 Å². The van der Waals surface area contributed by atoms with E-state index in [9.17, 15) is 4.79 Å². The number of benzene rings is 1. The molecule has 3 unspecified atom stereocenters. The minimum absolute atomic E-state index is 0.126. The number of hydrogen-bond donors (Lipinski definition) is 0. The lowest BCUT2D eigenvalue weighted by Gasteiger charge is -2.45. The van der Waals surface area contributed by atoms with Crippen LogP contribution in [0, 0.1) is 0 Å². The summed E-state index contributed by atoms with van der Waals surface area (Å²) in [4.78, 5) is 15.2. The van der Waals surface area contributed by atoms with E-state index in [1.165, 1.54) is 24.8 Å². The summed E-state index contributed by atoms with van der Waals surface area (Å²) >= 11 is 0. The maximum absolute atomic E-state index is 12.7. The maximum Gasteiger partial charge on any atom is 0.180 e. The van der Waals surface area contributed by atoms with Crippen LogP contribution in [0.25, 0.3) is 0 Å². The molecule has 98 valence electrons. The van der Waals surface area contributed by atoms with Crippen molar-refractivity contribution in [2.75, 3.05) is 6.54 Å². The smallest absolute Gasteiger partial charge is 0.180 e. The predicted octanol–water partition coefficient (Wildman–Crippen LogP) is 3.15. The zero-order valence-corrected chi connectivity index (χ0v) is 11.1. The second-order valence-corrected chi connectivity index (χ2v) is 6.00. The molecule has 1 aliphatic heterocycles. The zero-order chi connectivity index (χ0) is 12.8. The zero-order valence-electron chi connectivity index (χ0n) is 11.1. The van der Waals surface area contributed by atoms with Crippen molar-refractivity contribution in [3.8, 4) is 0 Å². The molecule has 1 heterocycles. The number of carbonyl (C=O) groups excluding carboxylic acids is 1. The molecule has 1 saturated heterocycles. The lowest BCUT2D eigenvalue weighted by molar-refractivity contribution is 0.0604. The molecule has 2 nitrogen and oxygen atoms in total. The van der Waals surface area contributed by atoms with Gasteiger partial charge in [-0.25, -0.2) is 0 Å². The number of rotatable bonds is 1. The summed E-state index contributed by atoms with van der Waals surface area (Å²) in [7, 11) is 0. The third-order valence-electron chi connectivity index (χ3n) is 5.03. The second-order valence-electron chi connectivity index (χ2n) is 6.00. The first-order valence-corrected chi connectivity index (χ1v) is 7.40. The molecule has 3 aliphatic rings. The minimum Gasteiger partial charge on any atom is -0.292 e. The van der Waals surface area contributed by atoms with Crippen LogP contribution in [0.1, 0.15) is 47.5 Å². The van der Waals surface area contributed by atoms with Crippen LogP contribution in [0.4, 0.5) is 0 Å². The van der Waals surface area contributed by atoms with Crippen LogP contribution >= 0.6 is 0 Å². The third kappa shape index (κ3) is 1.70. The largest absolute Gasteiger partial charge is 0.292 e. The fraction of sp³-hybridized carbons (Fsp3) is 0.471. The van der Waals surface area contributed by atoms with Crippen molar-refractivity contribution in [3.63, 3.8) is 0 Å². The van der Waals surface area contributed by atoms with Crippen LogP contribution in [-0.4, -0.2) is 29.3 Å². The number of fused-ring (bicyclic) bond motifs is 4. The summed E-state index contributed by atoms with van der Waals surface area (Å²) in [6.45, 7) is 1.07. The van der Waals surface area contributed by atoms with Crippen LogP contribution in [0.15, 0.2) is 36.4 Å². The Morgan fingerprint density at radius 2 is 2.05 bits per heavy atom. The van der Waals surface area contributed by atoms with Crippen molar-refractivity contribution in [1.29, 1.82) is 0 Å². The fourth-order valence-electron chi connectivity index (χ4n) is 4.07. The van der Waals surface area contributed by atoms with E-state index in [1.807, 2.05) is 12.1 Å². The Kier molecular flexibility index (Phi) is 2.59. The van der Waals surface area contributed by atoms with E-state index in [0.717, 1.165) is 18.5 Å². The van der Waals surface area contributed by atoms with Gasteiger partial charge in [-0.3, -0.25) is 9.69 Å². The molecular formula is C17H19NO. The highest BCUT2D eigenvalue weighted by Gasteiger charge is 2.42. The van der Waals surface area contributed by atoms with Crippen molar-refractivity contribution in [2.45, 2.75) is 43.7 Å². The molecule has 2 aliphatic carbocycles. The molecule has 1 fully saturated rings. The Morgan fingerprint density at radius 3 is 2.89 bits per heavy atom. The van der Waals surface area contributed by atoms with E-state index in [4.69, 9.17) is 0 Å². The van der Waals surface area contributed by atoms with Gasteiger partial charge in [0.1, 0.15) is 0 Å². The van der Waals surface area contributed by atoms with Gasteiger partial charge in [-0.15, -0.1) is 0 Å². The van der Waals surface area contributed by atoms with Crippen molar-refractivity contribution in [3.05, 3.63) is 47.5 Å². The lowest BCUT2D eigenvalue weighted by Crippen LogP contribution is -2.52. The first-order valence-electron chi connectivity index (χ1n) is 7.40. The molecule has 1 aromatic rings. The van der Waals surface area contributed by atoms with E-state index in [-0.39, 0.29) is 6.04 Å². The normalized spacial score (nSPS) is 33.5. The Labute approximate surface area is 114 Å². The maximum atomic E-state index is 12.7. The molecule has 0 N–H and O–H groups in total. The van der Waals surface area contributed by atoms with Gasteiger partial charge in [-0.2, -0.15) is 0 Å². The third-order valence-corrected chi connectivity index (χ3v) is 5.03. The first-order chi connectivity index (χ1) is 9.34. The number of ketones is 1. The van der Waals surface area contributed by atoms with E-state index in [0.29, 0.717) is 17.7 Å². The Bertz CT molecular complexity index is 548. The van der Waals surface area contributed by atoms with Crippen molar-refractivity contribution in [2.24, 2.45) is 0 Å². The molecule has 0 aromatic heterocycles. The molecule has 0 radical (unpaired) electrons. The van der Waals surface area contributed by atoms with Gasteiger partial charge in [0, 0.05) is 18.2 Å². The average Bonchev–Trinajstić information content (AvgIpc) is 2.99. The molecule has 0 amide bonds. The van der Waals surface area contributed by atoms with Gasteiger partial charge in [0.25, 0.3) is 0 Å². The van der Waals surface area contributed by atoms with Crippen molar-refractivity contribution >= 4 is 5.78 Å². The summed E-state index contributed by atoms with van der Waals surface area (Å²) in [5.74, 6) is 0.951. The number of carbonyl (C=O) groups is 1. The van der Waals surface area contributed by atoms with Crippen LogP contribution < -0.4 is 0 Å². The molecule has 0 saturated carbocycles. The number of allylic oxidation sites excluding steroid dienone is 1. The molecule has 3 atom stereocenters. The van der Waals surface area contributed by atoms with Gasteiger partial charge < -0.3 is 0 Å². The standard InChI is InChI=1S/C17H19NO/c19-17-15-8-4-3-7-14(15)12-9-10-18(16(17)11-12)13-5-1-2-6-13/h1,3-5,7-8,12-13,16H,2,6,9-11H2. The van der Waals surface area contributed by atoms with E-state index >= 15 is 0 Å². The molecule has 1 aromatic carbocycles. The number of hydrogen-bond acceptors (Lipinski definition) is 2. The van der Waals surface area contributed by atoms with Gasteiger partial charge in [-0.1, -0.05) is 36.4 Å². The lowest BCUT2D eigenvalue weighted by atomic mass is 9.74. The number of piperidine rings is 1. The fourth-order valence-corrected chi connectivity index (χ4v) is 4.07. The highest BCUT2D eigenvalue weighted by molar-refractivity contribution is 6.03. The van der Waals surface area contributed by atoms with Crippen molar-refractivity contribution < 1.29 is 4.79 Å². The molecular weight excluding hydrogens is 234 g/mol. The van der Waals surface area contributed by atoms with Crippen molar-refractivity contribution in [1.82, 2.24) is 4.90 Å². The molecule has 2 bridgehead atoms. The van der Waals surface area contributed by atoms with Gasteiger partial charge in [0.05, 0.1) is 6.04 Å². The molecule has 19 heavy (non-hydrogen) atoms. The molecule has 0 spiro atoms. The Balaban J connectivity index is 1.71. The number of nitrogens with zero attached hydrogens (tertiary/aromatic N) is 1. The van der Waals surface area contributed by atoms with E-state index in [1.54, 1.807) is 0 Å². The SMILES string of the molecule is O=C1c2ccccc2C2CCN(C3C=CCC3)C1C2. The summed E-state index contributed by atoms with van der Waals surface area (Å²) in [6, 6.07) is 8.86. The average molecular weight is 253 g/mol.